The third-order valence-corrected chi connectivity index (χ3v) is 4.47. The minimum atomic E-state index is -0.777. The number of amides is 1. The zero-order valence-electron chi connectivity index (χ0n) is 15.9. The highest BCUT2D eigenvalue weighted by atomic mass is 16.5. The van der Waals surface area contributed by atoms with Crippen LogP contribution in [0.1, 0.15) is 21.5 Å². The van der Waals surface area contributed by atoms with Gasteiger partial charge in [-0.05, 0) is 30.7 Å². The van der Waals surface area contributed by atoms with E-state index in [9.17, 15) is 19.5 Å². The molecule has 0 spiro atoms. The zero-order valence-corrected chi connectivity index (χ0v) is 15.9. The van der Waals surface area contributed by atoms with Crippen molar-refractivity contribution in [2.45, 2.75) is 13.3 Å². The molecule has 3 aromatic rings. The number of phenols is 1. The lowest BCUT2D eigenvalue weighted by atomic mass is 10.0. The molecule has 1 amide bonds. The minimum absolute atomic E-state index is 0.0504. The number of carbonyl (C=O) groups excluding carboxylic acids is 2. The number of aryl methyl sites for hydroxylation is 1. The summed E-state index contributed by atoms with van der Waals surface area (Å²) in [4.78, 5) is 40.3. The van der Waals surface area contributed by atoms with Crippen molar-refractivity contribution >= 4 is 29.0 Å². The van der Waals surface area contributed by atoms with Crippen LogP contribution in [0.3, 0.4) is 0 Å². The number of fused-ring (bicyclic) bond motifs is 1. The molecule has 0 atom stereocenters. The van der Waals surface area contributed by atoms with Gasteiger partial charge in [-0.3, -0.25) is 9.59 Å². The fourth-order valence-corrected chi connectivity index (χ4v) is 2.90. The van der Waals surface area contributed by atoms with Gasteiger partial charge in [-0.2, -0.15) is 0 Å². The van der Waals surface area contributed by atoms with Crippen LogP contribution in [0.5, 0.6) is 17.2 Å². The molecule has 29 heavy (non-hydrogen) atoms. The standard InChI is InChI=1S/C20H18N2O7/c1-10-12-6-15(28-3)18(25)14(9-23)19(12)29-20(26)13(10)7-17(24)22-16-5-4-11(27-2)8-21-16/h4-6,8-9,25H,7H2,1-3H3,(H,21,22,24). The summed E-state index contributed by atoms with van der Waals surface area (Å²) in [6.07, 6.45) is 1.56. The van der Waals surface area contributed by atoms with Gasteiger partial charge in [-0.25, -0.2) is 9.78 Å². The summed E-state index contributed by atoms with van der Waals surface area (Å²) in [5.74, 6) is -0.00700. The van der Waals surface area contributed by atoms with E-state index in [0.29, 0.717) is 28.8 Å². The van der Waals surface area contributed by atoms with Crippen LogP contribution in [-0.4, -0.2) is 36.5 Å². The smallest absolute Gasteiger partial charge is 0.340 e. The molecule has 0 saturated carbocycles. The molecule has 2 aromatic heterocycles. The fourth-order valence-electron chi connectivity index (χ4n) is 2.90. The number of phenolic OH excluding ortho intramolecular Hbond substituents is 1. The van der Waals surface area contributed by atoms with E-state index in [-0.39, 0.29) is 28.9 Å². The highest BCUT2D eigenvalue weighted by Gasteiger charge is 2.21. The number of nitrogens with zero attached hydrogens (tertiary/aromatic N) is 1. The molecular formula is C20H18N2O7. The summed E-state index contributed by atoms with van der Waals surface area (Å²) in [5, 5.41) is 13.1. The molecule has 150 valence electrons. The lowest BCUT2D eigenvalue weighted by Crippen LogP contribution is -2.21. The largest absolute Gasteiger partial charge is 0.504 e. The van der Waals surface area contributed by atoms with Crippen LogP contribution in [0.15, 0.2) is 33.6 Å². The second kappa shape index (κ2) is 8.01. The summed E-state index contributed by atoms with van der Waals surface area (Å²) < 4.78 is 15.3. The van der Waals surface area contributed by atoms with E-state index in [2.05, 4.69) is 10.3 Å². The van der Waals surface area contributed by atoms with Gasteiger partial charge in [0.05, 0.1) is 32.4 Å². The summed E-state index contributed by atoms with van der Waals surface area (Å²) >= 11 is 0. The summed E-state index contributed by atoms with van der Waals surface area (Å²) in [5.41, 5.74) is -0.483. The van der Waals surface area contributed by atoms with Gasteiger partial charge in [0.1, 0.15) is 17.1 Å². The van der Waals surface area contributed by atoms with E-state index in [1.54, 1.807) is 19.1 Å². The minimum Gasteiger partial charge on any atom is -0.504 e. The van der Waals surface area contributed by atoms with Crippen molar-refractivity contribution in [2.24, 2.45) is 0 Å². The monoisotopic (exact) mass is 398 g/mol. The Morgan fingerprint density at radius 2 is 2.07 bits per heavy atom. The number of nitrogens with one attached hydrogen (secondary N) is 1. The van der Waals surface area contributed by atoms with E-state index in [0.717, 1.165) is 0 Å². The number of aromatic nitrogens is 1. The quantitative estimate of drug-likeness (QED) is 0.478. The number of ether oxygens (including phenoxy) is 2. The number of pyridine rings is 1. The van der Waals surface area contributed by atoms with Crippen LogP contribution >= 0.6 is 0 Å². The Morgan fingerprint density at radius 3 is 2.66 bits per heavy atom. The maximum Gasteiger partial charge on any atom is 0.340 e. The molecule has 0 aliphatic carbocycles. The SMILES string of the molecule is COc1ccc(NC(=O)Cc2c(C)c3cc(OC)c(O)c(C=O)c3oc2=O)nc1. The first-order valence-corrected chi connectivity index (χ1v) is 8.50. The average Bonchev–Trinajstić information content (AvgIpc) is 2.71. The Bertz CT molecular complexity index is 1150. The van der Waals surface area contributed by atoms with Gasteiger partial charge in [0, 0.05) is 5.39 Å². The first-order chi connectivity index (χ1) is 13.9. The molecule has 0 fully saturated rings. The number of anilines is 1. The lowest BCUT2D eigenvalue weighted by molar-refractivity contribution is -0.115. The van der Waals surface area contributed by atoms with E-state index in [1.807, 2.05) is 0 Å². The van der Waals surface area contributed by atoms with Gasteiger partial charge in [0.25, 0.3) is 0 Å². The molecule has 9 nitrogen and oxygen atoms in total. The van der Waals surface area contributed by atoms with Gasteiger partial charge in [-0.15, -0.1) is 0 Å². The van der Waals surface area contributed by atoms with Gasteiger partial charge in [0.15, 0.2) is 23.4 Å². The second-order valence-electron chi connectivity index (χ2n) is 6.14. The molecule has 2 heterocycles. The van der Waals surface area contributed by atoms with Crippen molar-refractivity contribution in [3.05, 3.63) is 51.5 Å². The van der Waals surface area contributed by atoms with Crippen molar-refractivity contribution in [3.63, 3.8) is 0 Å². The number of hydrogen-bond donors (Lipinski definition) is 2. The number of carbonyl (C=O) groups is 2. The second-order valence-corrected chi connectivity index (χ2v) is 6.14. The number of aromatic hydroxyl groups is 1. The third kappa shape index (κ3) is 3.75. The molecule has 0 unspecified atom stereocenters. The summed E-state index contributed by atoms with van der Waals surface area (Å²) in [6, 6.07) is 4.65. The molecule has 1 aromatic carbocycles. The highest BCUT2D eigenvalue weighted by Crippen LogP contribution is 2.36. The molecule has 3 rings (SSSR count). The van der Waals surface area contributed by atoms with Gasteiger partial charge in [0.2, 0.25) is 5.91 Å². The molecule has 0 radical (unpaired) electrons. The van der Waals surface area contributed by atoms with E-state index in [4.69, 9.17) is 13.9 Å². The molecule has 0 bridgehead atoms. The van der Waals surface area contributed by atoms with Crippen LogP contribution in [0.25, 0.3) is 11.0 Å². The van der Waals surface area contributed by atoms with Crippen LogP contribution < -0.4 is 20.4 Å². The third-order valence-electron chi connectivity index (χ3n) is 4.47. The van der Waals surface area contributed by atoms with Crippen molar-refractivity contribution in [1.82, 2.24) is 4.98 Å². The van der Waals surface area contributed by atoms with Gasteiger partial charge in [-0.1, -0.05) is 0 Å². The Kier molecular flexibility index (Phi) is 5.49. The number of aldehydes is 1. The summed E-state index contributed by atoms with van der Waals surface area (Å²) in [7, 11) is 2.84. The van der Waals surface area contributed by atoms with Crippen LogP contribution in [-0.2, 0) is 11.2 Å². The van der Waals surface area contributed by atoms with Crippen molar-refractivity contribution in [1.29, 1.82) is 0 Å². The maximum absolute atomic E-state index is 12.5. The number of methoxy groups -OCH3 is 2. The van der Waals surface area contributed by atoms with Crippen molar-refractivity contribution in [2.75, 3.05) is 19.5 Å². The molecular weight excluding hydrogens is 380 g/mol. The highest BCUT2D eigenvalue weighted by molar-refractivity contribution is 6.01. The maximum atomic E-state index is 12.5. The molecule has 9 heteroatoms. The molecule has 2 N–H and O–H groups in total. The Labute approximate surface area is 164 Å². The van der Waals surface area contributed by atoms with Crippen LogP contribution in [0.2, 0.25) is 0 Å². The average molecular weight is 398 g/mol. The van der Waals surface area contributed by atoms with Crippen LogP contribution in [0.4, 0.5) is 5.82 Å². The zero-order chi connectivity index (χ0) is 21.1. The normalized spacial score (nSPS) is 10.6. The number of hydrogen-bond acceptors (Lipinski definition) is 8. The first kappa shape index (κ1) is 19.9. The van der Waals surface area contributed by atoms with E-state index >= 15 is 0 Å². The van der Waals surface area contributed by atoms with Crippen molar-refractivity contribution < 1.29 is 28.6 Å². The van der Waals surface area contributed by atoms with Crippen molar-refractivity contribution in [3.8, 4) is 17.2 Å². The predicted octanol–water partition coefficient (Wildman–Crippen LogP) is 2.21. The lowest BCUT2D eigenvalue weighted by Gasteiger charge is -2.12. The number of benzene rings is 1. The van der Waals surface area contributed by atoms with Gasteiger partial charge >= 0.3 is 5.63 Å². The summed E-state index contributed by atoms with van der Waals surface area (Å²) in [6.45, 7) is 1.62. The van der Waals surface area contributed by atoms with Crippen LogP contribution in [0, 0.1) is 6.92 Å². The van der Waals surface area contributed by atoms with E-state index in [1.165, 1.54) is 26.5 Å². The predicted molar refractivity (Wildman–Crippen MR) is 104 cm³/mol. The topological polar surface area (TPSA) is 128 Å². The molecule has 0 aliphatic rings. The Balaban J connectivity index is 1.98. The molecule has 0 saturated heterocycles. The Hall–Kier alpha value is -3.88. The molecule has 0 aliphatic heterocycles. The number of rotatable bonds is 6. The Morgan fingerprint density at radius 1 is 1.31 bits per heavy atom. The van der Waals surface area contributed by atoms with E-state index < -0.39 is 17.3 Å². The van der Waals surface area contributed by atoms with Gasteiger partial charge < -0.3 is 24.3 Å². The first-order valence-electron chi connectivity index (χ1n) is 8.50. The fraction of sp³-hybridized carbons (Fsp3) is 0.200.